The maximum Gasteiger partial charge on any atom is 0.158 e. The van der Waals surface area contributed by atoms with Gasteiger partial charge in [-0.25, -0.2) is 0 Å². The third-order valence-corrected chi connectivity index (χ3v) is 1.63. The molecule has 0 aromatic heterocycles. The van der Waals surface area contributed by atoms with E-state index >= 15 is 0 Å². The topological polar surface area (TPSA) is 102 Å². The summed E-state index contributed by atoms with van der Waals surface area (Å²) in [7, 11) is 0. The van der Waals surface area contributed by atoms with E-state index in [0.717, 1.165) is 0 Å². The zero-order valence-electron chi connectivity index (χ0n) is 5.71. The van der Waals surface area contributed by atoms with Gasteiger partial charge in [0, 0.05) is 0 Å². The minimum atomic E-state index is -1.32. The number of hydrogen-bond donors (Lipinski definition) is 5. The number of aliphatic hydroxyl groups is 3. The summed E-state index contributed by atoms with van der Waals surface area (Å²) in [6, 6.07) is 0. The number of aliphatic hydroxyl groups excluding tert-OH is 3. The Kier molecular flexibility index (Phi) is 2.77. The van der Waals surface area contributed by atoms with Crippen LogP contribution in [0.15, 0.2) is 0 Å². The first kappa shape index (κ1) is 8.85. The quantitative estimate of drug-likeness (QED) is 0.273. The fraction of sp³-hybridized carbons (Fsp3) is 1.00. The number of ether oxygens (including phenoxy) is 1. The highest BCUT2D eigenvalue weighted by Gasteiger charge is 2.37. The highest BCUT2D eigenvalue weighted by atomic mass is 16.6. The summed E-state index contributed by atoms with van der Waals surface area (Å²) in [6.45, 7) is -0.115. The van der Waals surface area contributed by atoms with Crippen LogP contribution >= 0.6 is 0 Å². The predicted molar refractivity (Wildman–Crippen MR) is 32.7 cm³/mol. The van der Waals surface area contributed by atoms with E-state index in [-0.39, 0.29) is 6.61 Å². The van der Waals surface area contributed by atoms with Crippen LogP contribution in [-0.2, 0) is 4.74 Å². The number of hydroxylamine groups is 1. The van der Waals surface area contributed by atoms with Crippen LogP contribution < -0.4 is 5.48 Å². The summed E-state index contributed by atoms with van der Waals surface area (Å²) >= 11 is 0. The van der Waals surface area contributed by atoms with Crippen LogP contribution in [-0.4, -0.2) is 51.7 Å². The third-order valence-electron chi connectivity index (χ3n) is 1.63. The van der Waals surface area contributed by atoms with Crippen molar-refractivity contribution in [2.75, 3.05) is 6.61 Å². The molecule has 1 saturated heterocycles. The Balaban J connectivity index is 2.52. The molecule has 0 aromatic carbocycles. The second-order valence-corrected chi connectivity index (χ2v) is 2.43. The predicted octanol–water partition coefficient (Wildman–Crippen LogP) is -2.60. The summed E-state index contributed by atoms with van der Waals surface area (Å²) < 4.78 is 4.70. The van der Waals surface area contributed by atoms with Gasteiger partial charge in [0.15, 0.2) is 6.23 Å². The smallest absolute Gasteiger partial charge is 0.158 e. The summed E-state index contributed by atoms with van der Waals surface area (Å²) in [6.07, 6.45) is -4.74. The molecule has 0 bridgehead atoms. The standard InChI is InChI=1S/C5H11NO5/c7-2-1-11-5(6-10)4(9)3(2)8/h2-10H,1H2/t2-,3+,4-,5-/m1/s1. The molecule has 6 nitrogen and oxygen atoms in total. The highest BCUT2D eigenvalue weighted by molar-refractivity contribution is 4.83. The first-order valence-corrected chi connectivity index (χ1v) is 3.22. The van der Waals surface area contributed by atoms with Crippen molar-refractivity contribution in [3.8, 4) is 0 Å². The third kappa shape index (κ3) is 1.67. The fourth-order valence-electron chi connectivity index (χ4n) is 0.920. The molecular formula is C5H11NO5. The first-order valence-electron chi connectivity index (χ1n) is 3.22. The average Bonchev–Trinajstić information content (AvgIpc) is 2.01. The van der Waals surface area contributed by atoms with Gasteiger partial charge in [-0.1, -0.05) is 0 Å². The largest absolute Gasteiger partial charge is 0.388 e. The van der Waals surface area contributed by atoms with Gasteiger partial charge in [-0.15, -0.1) is 0 Å². The maximum absolute atomic E-state index is 9.05. The molecule has 0 aromatic rings. The molecule has 1 aliphatic rings. The SMILES string of the molecule is ON[C@@H]1OC[C@@H](O)[C@H](O)[C@H]1O. The van der Waals surface area contributed by atoms with Crippen LogP contribution in [0.3, 0.4) is 0 Å². The number of hydrogen-bond acceptors (Lipinski definition) is 6. The highest BCUT2D eigenvalue weighted by Crippen LogP contribution is 2.12. The molecule has 1 rings (SSSR count). The Morgan fingerprint density at radius 2 is 1.82 bits per heavy atom. The van der Waals surface area contributed by atoms with E-state index in [1.807, 2.05) is 0 Å². The number of nitrogens with one attached hydrogen (secondary N) is 1. The normalized spacial score (nSPS) is 45.8. The molecule has 0 saturated carbocycles. The molecule has 0 amide bonds. The molecule has 0 radical (unpaired) electrons. The van der Waals surface area contributed by atoms with Gasteiger partial charge in [-0.2, -0.15) is 5.48 Å². The van der Waals surface area contributed by atoms with Crippen molar-refractivity contribution in [2.24, 2.45) is 0 Å². The molecule has 5 N–H and O–H groups in total. The summed E-state index contributed by atoms with van der Waals surface area (Å²) in [4.78, 5) is 0. The van der Waals surface area contributed by atoms with Gasteiger partial charge in [-0.3, -0.25) is 0 Å². The van der Waals surface area contributed by atoms with Gasteiger partial charge in [0.25, 0.3) is 0 Å². The monoisotopic (exact) mass is 165 g/mol. The summed E-state index contributed by atoms with van der Waals surface area (Å²) in [5, 5.41) is 35.3. The van der Waals surface area contributed by atoms with Gasteiger partial charge in [0.1, 0.15) is 18.3 Å². The van der Waals surface area contributed by atoms with E-state index < -0.39 is 24.5 Å². The van der Waals surface area contributed by atoms with Crippen molar-refractivity contribution in [1.29, 1.82) is 0 Å². The van der Waals surface area contributed by atoms with E-state index in [1.54, 1.807) is 5.48 Å². The fourth-order valence-corrected chi connectivity index (χ4v) is 0.920. The molecule has 4 atom stereocenters. The Morgan fingerprint density at radius 3 is 2.36 bits per heavy atom. The van der Waals surface area contributed by atoms with Crippen LogP contribution in [0.1, 0.15) is 0 Å². The van der Waals surface area contributed by atoms with Gasteiger partial charge in [0.2, 0.25) is 0 Å². The molecule has 6 heteroatoms. The van der Waals surface area contributed by atoms with Crippen LogP contribution in [0, 0.1) is 0 Å². The van der Waals surface area contributed by atoms with Crippen LogP contribution in [0.5, 0.6) is 0 Å². The second kappa shape index (κ2) is 3.44. The van der Waals surface area contributed by atoms with Crippen molar-refractivity contribution in [3.63, 3.8) is 0 Å². The molecule has 66 valence electrons. The minimum Gasteiger partial charge on any atom is -0.388 e. The molecule has 0 unspecified atom stereocenters. The minimum absolute atomic E-state index is 0.115. The second-order valence-electron chi connectivity index (χ2n) is 2.43. The molecule has 1 fully saturated rings. The van der Waals surface area contributed by atoms with Gasteiger partial charge >= 0.3 is 0 Å². The zero-order chi connectivity index (χ0) is 8.43. The van der Waals surface area contributed by atoms with Gasteiger partial charge in [-0.05, 0) is 0 Å². The van der Waals surface area contributed by atoms with Gasteiger partial charge in [0.05, 0.1) is 6.61 Å². The van der Waals surface area contributed by atoms with E-state index in [4.69, 9.17) is 25.3 Å². The summed E-state index contributed by atoms with van der Waals surface area (Å²) in [5.41, 5.74) is 1.66. The molecule has 0 spiro atoms. The molecule has 1 heterocycles. The lowest BCUT2D eigenvalue weighted by Gasteiger charge is -2.34. The lowest BCUT2D eigenvalue weighted by atomic mass is 10.1. The van der Waals surface area contributed by atoms with Crippen LogP contribution in [0.2, 0.25) is 0 Å². The Bertz CT molecular complexity index is 130. The molecule has 11 heavy (non-hydrogen) atoms. The Labute approximate surface area is 63.0 Å². The lowest BCUT2D eigenvalue weighted by molar-refractivity contribution is -0.217. The Hall–Kier alpha value is -0.240. The van der Waals surface area contributed by atoms with Gasteiger partial charge < -0.3 is 25.3 Å². The van der Waals surface area contributed by atoms with Crippen LogP contribution in [0.4, 0.5) is 0 Å². The molecule has 0 aliphatic carbocycles. The average molecular weight is 165 g/mol. The maximum atomic E-state index is 9.05. The van der Waals surface area contributed by atoms with E-state index in [0.29, 0.717) is 0 Å². The number of rotatable bonds is 1. The van der Waals surface area contributed by atoms with Crippen LogP contribution in [0.25, 0.3) is 0 Å². The van der Waals surface area contributed by atoms with Crippen molar-refractivity contribution in [2.45, 2.75) is 24.5 Å². The van der Waals surface area contributed by atoms with Crippen molar-refractivity contribution in [3.05, 3.63) is 0 Å². The Morgan fingerprint density at radius 1 is 1.18 bits per heavy atom. The molecule has 1 aliphatic heterocycles. The van der Waals surface area contributed by atoms with E-state index in [1.165, 1.54) is 0 Å². The molecular weight excluding hydrogens is 154 g/mol. The van der Waals surface area contributed by atoms with Crippen molar-refractivity contribution >= 4 is 0 Å². The zero-order valence-corrected chi connectivity index (χ0v) is 5.71. The summed E-state index contributed by atoms with van der Waals surface area (Å²) in [5.74, 6) is 0. The lowest BCUT2D eigenvalue weighted by Crippen LogP contribution is -2.57. The van der Waals surface area contributed by atoms with Crippen molar-refractivity contribution < 1.29 is 25.3 Å². The first-order chi connectivity index (χ1) is 5.16. The van der Waals surface area contributed by atoms with Crippen molar-refractivity contribution in [1.82, 2.24) is 5.48 Å². The van der Waals surface area contributed by atoms with E-state index in [2.05, 4.69) is 0 Å². The van der Waals surface area contributed by atoms with E-state index in [9.17, 15) is 0 Å².